The molecule has 0 aromatic heterocycles. The fourth-order valence-electron chi connectivity index (χ4n) is 2.16. The van der Waals surface area contributed by atoms with E-state index in [1.165, 1.54) is 0 Å². The Bertz CT molecular complexity index is 311. The van der Waals surface area contributed by atoms with Gasteiger partial charge in [-0.3, -0.25) is 4.79 Å². The molecule has 0 bridgehead atoms. The number of amides is 1. The van der Waals surface area contributed by atoms with Gasteiger partial charge in [0.25, 0.3) is 0 Å². The molecular formula is C12H22N2O4. The maximum absolute atomic E-state index is 12.0. The predicted molar refractivity (Wildman–Crippen MR) is 66.0 cm³/mol. The van der Waals surface area contributed by atoms with Crippen LogP contribution in [-0.2, 0) is 9.59 Å². The Kier molecular flexibility index (Phi) is 5.10. The summed E-state index contributed by atoms with van der Waals surface area (Å²) in [6.45, 7) is 5.23. The summed E-state index contributed by atoms with van der Waals surface area (Å²) in [5, 5.41) is 23.4. The Balaban J connectivity index is 2.50. The summed E-state index contributed by atoms with van der Waals surface area (Å²) in [7, 11) is 0. The Hall–Kier alpha value is -1.14. The maximum Gasteiger partial charge on any atom is 0.334 e. The van der Waals surface area contributed by atoms with Crippen molar-refractivity contribution >= 4 is 11.9 Å². The Morgan fingerprint density at radius 1 is 1.50 bits per heavy atom. The van der Waals surface area contributed by atoms with Gasteiger partial charge in [-0.05, 0) is 31.8 Å². The van der Waals surface area contributed by atoms with Crippen LogP contribution in [0, 0.1) is 11.3 Å². The van der Waals surface area contributed by atoms with E-state index in [2.05, 4.69) is 10.6 Å². The van der Waals surface area contributed by atoms with E-state index in [1.54, 1.807) is 0 Å². The number of aliphatic hydroxyl groups excluding tert-OH is 1. The molecule has 6 heteroatoms. The molecular weight excluding hydrogens is 236 g/mol. The molecule has 4 N–H and O–H groups in total. The highest BCUT2D eigenvalue weighted by molar-refractivity contribution is 5.83. The van der Waals surface area contributed by atoms with Crippen molar-refractivity contribution in [1.82, 2.24) is 10.6 Å². The first-order chi connectivity index (χ1) is 8.35. The van der Waals surface area contributed by atoms with Crippen molar-refractivity contribution in [3.05, 3.63) is 0 Å². The Morgan fingerprint density at radius 2 is 2.17 bits per heavy atom. The van der Waals surface area contributed by atoms with E-state index in [9.17, 15) is 9.59 Å². The molecule has 0 aromatic carbocycles. The average molecular weight is 258 g/mol. The van der Waals surface area contributed by atoms with Gasteiger partial charge in [-0.2, -0.15) is 0 Å². The molecule has 0 spiro atoms. The van der Waals surface area contributed by atoms with Crippen molar-refractivity contribution in [3.63, 3.8) is 0 Å². The van der Waals surface area contributed by atoms with E-state index in [1.807, 2.05) is 13.8 Å². The number of hydrogen-bond donors (Lipinski definition) is 4. The highest BCUT2D eigenvalue weighted by Crippen LogP contribution is 2.31. The van der Waals surface area contributed by atoms with Gasteiger partial charge in [0.15, 0.2) is 6.10 Å². The number of carbonyl (C=O) groups excluding carboxylic acids is 1. The molecule has 1 aliphatic heterocycles. The van der Waals surface area contributed by atoms with Gasteiger partial charge in [0, 0.05) is 5.41 Å². The zero-order chi connectivity index (χ0) is 13.8. The lowest BCUT2D eigenvalue weighted by Crippen LogP contribution is -2.49. The maximum atomic E-state index is 12.0. The molecule has 1 rings (SSSR count). The summed E-state index contributed by atoms with van der Waals surface area (Å²) in [5.41, 5.74) is -0.564. The van der Waals surface area contributed by atoms with Crippen LogP contribution in [0.1, 0.15) is 26.7 Å². The molecule has 2 atom stereocenters. The number of hydrogen-bond acceptors (Lipinski definition) is 4. The van der Waals surface area contributed by atoms with Crippen molar-refractivity contribution in [2.45, 2.75) is 32.8 Å². The summed E-state index contributed by atoms with van der Waals surface area (Å²) in [6, 6.07) is 0. The van der Waals surface area contributed by atoms with Gasteiger partial charge in [0.05, 0.1) is 6.54 Å². The van der Waals surface area contributed by atoms with Gasteiger partial charge in [-0.25, -0.2) is 4.79 Å². The molecule has 1 saturated heterocycles. The number of rotatable bonds is 5. The number of aliphatic hydroxyl groups is 1. The molecule has 1 fully saturated rings. The fraction of sp³-hybridized carbons (Fsp3) is 0.833. The topological polar surface area (TPSA) is 98.7 Å². The number of carboxylic acid groups (broad SMARTS) is 1. The molecule has 1 amide bonds. The summed E-state index contributed by atoms with van der Waals surface area (Å²) in [5.74, 6) is -1.31. The first kappa shape index (κ1) is 14.9. The van der Waals surface area contributed by atoms with Gasteiger partial charge >= 0.3 is 5.97 Å². The van der Waals surface area contributed by atoms with Gasteiger partial charge in [-0.1, -0.05) is 13.8 Å². The van der Waals surface area contributed by atoms with Gasteiger partial charge in [0.2, 0.25) is 5.91 Å². The molecule has 104 valence electrons. The van der Waals surface area contributed by atoms with Crippen molar-refractivity contribution in [1.29, 1.82) is 0 Å². The zero-order valence-corrected chi connectivity index (χ0v) is 10.9. The largest absolute Gasteiger partial charge is 0.479 e. The lowest BCUT2D eigenvalue weighted by molar-refractivity contribution is -0.146. The van der Waals surface area contributed by atoms with Gasteiger partial charge in [0.1, 0.15) is 0 Å². The first-order valence-corrected chi connectivity index (χ1v) is 6.25. The second-order valence-corrected chi connectivity index (χ2v) is 5.33. The highest BCUT2D eigenvalue weighted by atomic mass is 16.4. The van der Waals surface area contributed by atoms with E-state index in [0.29, 0.717) is 0 Å². The lowest BCUT2D eigenvalue weighted by Gasteiger charge is -2.36. The van der Waals surface area contributed by atoms with E-state index in [0.717, 1.165) is 25.9 Å². The minimum absolute atomic E-state index is 0.212. The molecule has 0 saturated carbocycles. The van der Waals surface area contributed by atoms with Crippen LogP contribution in [0.4, 0.5) is 0 Å². The van der Waals surface area contributed by atoms with Crippen LogP contribution in [0.25, 0.3) is 0 Å². The summed E-state index contributed by atoms with van der Waals surface area (Å²) >= 11 is 0. The second kappa shape index (κ2) is 6.15. The smallest absolute Gasteiger partial charge is 0.334 e. The third-order valence-corrected chi connectivity index (χ3v) is 3.64. The molecule has 0 radical (unpaired) electrons. The Labute approximate surface area is 107 Å². The minimum atomic E-state index is -1.55. The molecule has 6 nitrogen and oxygen atoms in total. The summed E-state index contributed by atoms with van der Waals surface area (Å²) < 4.78 is 0. The van der Waals surface area contributed by atoms with Crippen molar-refractivity contribution in [2.24, 2.45) is 11.3 Å². The molecule has 18 heavy (non-hydrogen) atoms. The standard InChI is InChI=1S/C12H22N2O4/c1-12(2,8-4-3-5-13-6-8)11(18)14-7-9(15)10(16)17/h8-9,13,15H,3-7H2,1-2H3,(H,14,18)(H,16,17). The van der Waals surface area contributed by atoms with Crippen LogP contribution in [0.15, 0.2) is 0 Å². The van der Waals surface area contributed by atoms with Gasteiger partial charge < -0.3 is 20.8 Å². The number of piperidine rings is 1. The van der Waals surface area contributed by atoms with Gasteiger partial charge in [-0.15, -0.1) is 0 Å². The first-order valence-electron chi connectivity index (χ1n) is 6.25. The van der Waals surface area contributed by atoms with Crippen molar-refractivity contribution in [2.75, 3.05) is 19.6 Å². The quantitative estimate of drug-likeness (QED) is 0.536. The predicted octanol–water partition coefficient (Wildman–Crippen LogP) is -0.426. The zero-order valence-electron chi connectivity index (χ0n) is 10.9. The summed E-state index contributed by atoms with van der Waals surface area (Å²) in [6.07, 6.45) is 0.475. The number of carboxylic acids is 1. The van der Waals surface area contributed by atoms with E-state index in [4.69, 9.17) is 10.2 Å². The van der Waals surface area contributed by atoms with E-state index < -0.39 is 17.5 Å². The van der Waals surface area contributed by atoms with Crippen molar-refractivity contribution < 1.29 is 19.8 Å². The number of aliphatic carboxylic acids is 1. The minimum Gasteiger partial charge on any atom is -0.479 e. The van der Waals surface area contributed by atoms with E-state index >= 15 is 0 Å². The van der Waals surface area contributed by atoms with Crippen LogP contribution >= 0.6 is 0 Å². The molecule has 0 aliphatic carbocycles. The SMILES string of the molecule is CC(C)(C(=O)NCC(O)C(=O)O)C1CCCNC1. The van der Waals surface area contributed by atoms with Crippen LogP contribution in [0.3, 0.4) is 0 Å². The second-order valence-electron chi connectivity index (χ2n) is 5.33. The van der Waals surface area contributed by atoms with Crippen LogP contribution in [0.2, 0.25) is 0 Å². The van der Waals surface area contributed by atoms with Crippen molar-refractivity contribution in [3.8, 4) is 0 Å². The molecule has 1 heterocycles. The van der Waals surface area contributed by atoms with Crippen LogP contribution in [-0.4, -0.2) is 47.8 Å². The van der Waals surface area contributed by atoms with E-state index in [-0.39, 0.29) is 18.4 Å². The normalized spacial score (nSPS) is 22.3. The average Bonchev–Trinajstić information content (AvgIpc) is 2.36. The number of nitrogens with one attached hydrogen (secondary N) is 2. The number of carbonyl (C=O) groups is 2. The molecule has 0 aromatic rings. The van der Waals surface area contributed by atoms with Crippen LogP contribution < -0.4 is 10.6 Å². The molecule has 2 unspecified atom stereocenters. The third kappa shape index (κ3) is 3.68. The monoisotopic (exact) mass is 258 g/mol. The molecule has 1 aliphatic rings. The van der Waals surface area contributed by atoms with Crippen LogP contribution in [0.5, 0.6) is 0 Å². The fourth-order valence-corrected chi connectivity index (χ4v) is 2.16. The highest BCUT2D eigenvalue weighted by Gasteiger charge is 2.37. The Morgan fingerprint density at radius 3 is 2.67 bits per heavy atom. The summed E-state index contributed by atoms with van der Waals surface area (Å²) in [4.78, 5) is 22.5. The third-order valence-electron chi connectivity index (χ3n) is 3.64. The lowest BCUT2D eigenvalue weighted by atomic mass is 9.74.